The molecule has 0 atom stereocenters. The Labute approximate surface area is 118 Å². The Bertz CT molecular complexity index is 381. The summed E-state index contributed by atoms with van der Waals surface area (Å²) >= 11 is 3.64. The first-order chi connectivity index (χ1) is 8.72. The Balaban J connectivity index is 1.94. The fraction of sp³-hybridized carbons (Fsp3) is 0.786. The van der Waals surface area contributed by atoms with Crippen LogP contribution in [0.2, 0.25) is 0 Å². The van der Waals surface area contributed by atoms with Gasteiger partial charge in [-0.1, -0.05) is 32.6 Å². The minimum atomic E-state index is 0.444. The molecule has 102 valence electrons. The van der Waals surface area contributed by atoms with Crippen LogP contribution in [-0.2, 0) is 24.8 Å². The average Bonchev–Trinajstić information content (AvgIpc) is 2.58. The molecule has 1 heterocycles. The standard InChI is InChI=1S/C14H23BrN2O/c1-3-12-14(15)13(17(2)16-12)10-18-11-8-6-4-5-7-9-11/h11H,3-10H2,1-2H3. The molecule has 18 heavy (non-hydrogen) atoms. The molecule has 0 amide bonds. The largest absolute Gasteiger partial charge is 0.372 e. The van der Waals surface area contributed by atoms with E-state index in [2.05, 4.69) is 28.0 Å². The zero-order valence-corrected chi connectivity index (χ0v) is 13.0. The van der Waals surface area contributed by atoms with E-state index in [9.17, 15) is 0 Å². The van der Waals surface area contributed by atoms with Gasteiger partial charge in [-0.3, -0.25) is 4.68 Å². The normalized spacial score (nSPS) is 17.9. The zero-order valence-electron chi connectivity index (χ0n) is 11.4. The van der Waals surface area contributed by atoms with E-state index in [-0.39, 0.29) is 0 Å². The van der Waals surface area contributed by atoms with Crippen molar-refractivity contribution in [2.45, 2.75) is 64.6 Å². The van der Waals surface area contributed by atoms with E-state index >= 15 is 0 Å². The third-order valence-corrected chi connectivity index (χ3v) is 4.68. The number of hydrogen-bond donors (Lipinski definition) is 0. The summed E-state index contributed by atoms with van der Waals surface area (Å²) in [6.07, 6.45) is 9.21. The lowest BCUT2D eigenvalue weighted by Crippen LogP contribution is -2.13. The Hall–Kier alpha value is -0.350. The Morgan fingerprint density at radius 1 is 1.28 bits per heavy atom. The van der Waals surface area contributed by atoms with Crippen LogP contribution in [-0.4, -0.2) is 15.9 Å². The molecule has 1 aliphatic carbocycles. The quantitative estimate of drug-likeness (QED) is 0.786. The van der Waals surface area contributed by atoms with Crippen molar-refractivity contribution in [1.29, 1.82) is 0 Å². The van der Waals surface area contributed by atoms with E-state index in [0.717, 1.165) is 22.3 Å². The van der Waals surface area contributed by atoms with Gasteiger partial charge in [0.2, 0.25) is 0 Å². The lowest BCUT2D eigenvalue weighted by atomic mass is 10.1. The molecule has 3 nitrogen and oxygen atoms in total. The fourth-order valence-corrected chi connectivity index (χ4v) is 3.31. The van der Waals surface area contributed by atoms with Crippen molar-refractivity contribution < 1.29 is 4.74 Å². The Morgan fingerprint density at radius 2 is 1.94 bits per heavy atom. The fourth-order valence-electron chi connectivity index (χ4n) is 2.58. The number of aromatic nitrogens is 2. The van der Waals surface area contributed by atoms with Crippen LogP contribution in [0.15, 0.2) is 4.47 Å². The van der Waals surface area contributed by atoms with Crippen molar-refractivity contribution in [3.8, 4) is 0 Å². The highest BCUT2D eigenvalue weighted by atomic mass is 79.9. The molecular weight excluding hydrogens is 292 g/mol. The van der Waals surface area contributed by atoms with Crippen molar-refractivity contribution in [1.82, 2.24) is 9.78 Å². The molecule has 0 spiro atoms. The van der Waals surface area contributed by atoms with Crippen molar-refractivity contribution in [3.05, 3.63) is 15.9 Å². The maximum absolute atomic E-state index is 6.08. The van der Waals surface area contributed by atoms with Crippen LogP contribution in [0.5, 0.6) is 0 Å². The summed E-state index contributed by atoms with van der Waals surface area (Å²) in [4.78, 5) is 0. The summed E-state index contributed by atoms with van der Waals surface area (Å²) < 4.78 is 9.15. The molecule has 1 saturated carbocycles. The molecule has 0 N–H and O–H groups in total. The van der Waals surface area contributed by atoms with Gasteiger partial charge >= 0.3 is 0 Å². The number of aryl methyl sites for hydroxylation is 2. The lowest BCUT2D eigenvalue weighted by Gasteiger charge is -2.15. The molecule has 1 aromatic heterocycles. The SMILES string of the molecule is CCc1nn(C)c(COC2CCCCCC2)c1Br. The molecule has 0 aliphatic heterocycles. The second-order valence-corrected chi connectivity index (χ2v) is 5.90. The first kappa shape index (κ1) is 14.1. The number of hydrogen-bond acceptors (Lipinski definition) is 2. The van der Waals surface area contributed by atoms with Crippen LogP contribution in [0, 0.1) is 0 Å². The summed E-state index contributed by atoms with van der Waals surface area (Å²) in [5.74, 6) is 0. The summed E-state index contributed by atoms with van der Waals surface area (Å²) in [7, 11) is 2.00. The third kappa shape index (κ3) is 3.35. The van der Waals surface area contributed by atoms with E-state index in [1.54, 1.807) is 0 Å². The zero-order chi connectivity index (χ0) is 13.0. The number of nitrogens with zero attached hydrogens (tertiary/aromatic N) is 2. The highest BCUT2D eigenvalue weighted by Gasteiger charge is 2.16. The first-order valence-corrected chi connectivity index (χ1v) is 7.83. The summed E-state index contributed by atoms with van der Waals surface area (Å²) in [6, 6.07) is 0. The van der Waals surface area contributed by atoms with E-state index in [0.29, 0.717) is 12.7 Å². The van der Waals surface area contributed by atoms with Gasteiger partial charge in [0.15, 0.2) is 0 Å². The van der Waals surface area contributed by atoms with Crippen LogP contribution in [0.1, 0.15) is 56.8 Å². The second kappa shape index (κ2) is 6.71. The van der Waals surface area contributed by atoms with Crippen LogP contribution < -0.4 is 0 Å². The minimum absolute atomic E-state index is 0.444. The number of rotatable bonds is 4. The molecule has 0 radical (unpaired) electrons. The van der Waals surface area contributed by atoms with Crippen molar-refractivity contribution in [2.75, 3.05) is 0 Å². The van der Waals surface area contributed by atoms with Gasteiger partial charge in [-0.05, 0) is 35.2 Å². The minimum Gasteiger partial charge on any atom is -0.372 e. The molecule has 0 saturated heterocycles. The Morgan fingerprint density at radius 3 is 2.50 bits per heavy atom. The number of ether oxygens (including phenoxy) is 1. The summed E-state index contributed by atoms with van der Waals surface area (Å²) in [6.45, 7) is 2.80. The molecule has 1 aromatic rings. The molecule has 0 unspecified atom stereocenters. The van der Waals surface area contributed by atoms with Gasteiger partial charge in [0, 0.05) is 7.05 Å². The summed E-state index contributed by atoms with van der Waals surface area (Å²) in [5.41, 5.74) is 2.29. The van der Waals surface area contributed by atoms with Crippen LogP contribution >= 0.6 is 15.9 Å². The highest BCUT2D eigenvalue weighted by molar-refractivity contribution is 9.10. The van der Waals surface area contributed by atoms with Gasteiger partial charge in [-0.25, -0.2) is 0 Å². The monoisotopic (exact) mass is 314 g/mol. The molecule has 0 bridgehead atoms. The van der Waals surface area contributed by atoms with E-state index in [1.807, 2.05) is 11.7 Å². The van der Waals surface area contributed by atoms with Gasteiger partial charge in [-0.15, -0.1) is 0 Å². The Kier molecular flexibility index (Phi) is 5.25. The van der Waals surface area contributed by atoms with Gasteiger partial charge in [0.1, 0.15) is 0 Å². The lowest BCUT2D eigenvalue weighted by molar-refractivity contribution is 0.0274. The maximum Gasteiger partial charge on any atom is 0.0900 e. The van der Waals surface area contributed by atoms with E-state index < -0.39 is 0 Å². The van der Waals surface area contributed by atoms with Crippen molar-refractivity contribution in [2.24, 2.45) is 7.05 Å². The summed E-state index contributed by atoms with van der Waals surface area (Å²) in [5, 5.41) is 4.50. The number of halogens is 1. The van der Waals surface area contributed by atoms with Crippen molar-refractivity contribution in [3.63, 3.8) is 0 Å². The maximum atomic E-state index is 6.08. The molecule has 1 fully saturated rings. The molecule has 4 heteroatoms. The predicted molar refractivity (Wildman–Crippen MR) is 76.6 cm³/mol. The van der Waals surface area contributed by atoms with Crippen LogP contribution in [0.4, 0.5) is 0 Å². The van der Waals surface area contributed by atoms with Gasteiger partial charge in [-0.2, -0.15) is 5.10 Å². The topological polar surface area (TPSA) is 27.1 Å². The van der Waals surface area contributed by atoms with E-state index in [4.69, 9.17) is 4.74 Å². The molecular formula is C14H23BrN2O. The van der Waals surface area contributed by atoms with Gasteiger partial charge < -0.3 is 4.74 Å². The highest BCUT2D eigenvalue weighted by Crippen LogP contribution is 2.25. The van der Waals surface area contributed by atoms with E-state index in [1.165, 1.54) is 38.5 Å². The van der Waals surface area contributed by atoms with Gasteiger partial charge in [0.05, 0.1) is 28.6 Å². The predicted octanol–water partition coefficient (Wildman–Crippen LogP) is 3.98. The third-order valence-electron chi connectivity index (χ3n) is 3.76. The average molecular weight is 315 g/mol. The van der Waals surface area contributed by atoms with Crippen LogP contribution in [0.25, 0.3) is 0 Å². The van der Waals surface area contributed by atoms with Gasteiger partial charge in [0.25, 0.3) is 0 Å². The smallest absolute Gasteiger partial charge is 0.0900 e. The van der Waals surface area contributed by atoms with Crippen LogP contribution in [0.3, 0.4) is 0 Å². The van der Waals surface area contributed by atoms with Crippen molar-refractivity contribution >= 4 is 15.9 Å². The first-order valence-electron chi connectivity index (χ1n) is 7.04. The molecule has 2 rings (SSSR count). The molecule has 1 aliphatic rings. The second-order valence-electron chi connectivity index (χ2n) is 5.11. The molecule has 0 aromatic carbocycles.